The fourth-order valence-electron chi connectivity index (χ4n) is 3.27. The molecule has 4 aromatic rings. The Balaban J connectivity index is 1.68. The van der Waals surface area contributed by atoms with Crippen LogP contribution in [0.25, 0.3) is 22.8 Å². The Hall–Kier alpha value is -2.90. The lowest BCUT2D eigenvalue weighted by molar-refractivity contribution is 0.190. The van der Waals surface area contributed by atoms with Crippen LogP contribution in [0.4, 0.5) is 0 Å². The summed E-state index contributed by atoms with van der Waals surface area (Å²) in [4.78, 5) is 13.0. The van der Waals surface area contributed by atoms with Gasteiger partial charge in [0, 0.05) is 26.0 Å². The first-order valence-electron chi connectivity index (χ1n) is 9.49. The van der Waals surface area contributed by atoms with Crippen molar-refractivity contribution in [2.45, 2.75) is 18.1 Å². The number of benzene rings is 2. The third-order valence-electron chi connectivity index (χ3n) is 4.63. The average molecular weight is 407 g/mol. The summed E-state index contributed by atoms with van der Waals surface area (Å²) in [5, 5.41) is 10.1. The van der Waals surface area contributed by atoms with E-state index in [9.17, 15) is 4.79 Å². The quantitative estimate of drug-likeness (QED) is 0.328. The zero-order valence-electron chi connectivity index (χ0n) is 16.2. The zero-order chi connectivity index (χ0) is 20.1. The minimum Gasteiger partial charge on any atom is -0.385 e. The molecule has 0 fully saturated rings. The second-order valence-electron chi connectivity index (χ2n) is 6.56. The zero-order valence-corrected chi connectivity index (χ0v) is 17.0. The van der Waals surface area contributed by atoms with Crippen molar-refractivity contribution >= 4 is 34.5 Å². The van der Waals surface area contributed by atoms with Gasteiger partial charge in [0.1, 0.15) is 0 Å². The van der Waals surface area contributed by atoms with E-state index in [0.29, 0.717) is 24.3 Å². The van der Waals surface area contributed by atoms with Gasteiger partial charge in [-0.15, -0.1) is 10.2 Å². The number of nitrogens with zero attached hydrogens (tertiary/aromatic N) is 4. The van der Waals surface area contributed by atoms with Gasteiger partial charge in [-0.05, 0) is 24.1 Å². The Morgan fingerprint density at radius 2 is 1.86 bits per heavy atom. The molecule has 29 heavy (non-hydrogen) atoms. The molecule has 2 heterocycles. The molecule has 0 saturated heterocycles. The molecule has 7 heteroatoms. The van der Waals surface area contributed by atoms with E-state index in [1.165, 1.54) is 0 Å². The Bertz CT molecular complexity index is 1200. The molecule has 0 aliphatic carbocycles. The van der Waals surface area contributed by atoms with Gasteiger partial charge in [-0.1, -0.05) is 66.4 Å². The molecule has 0 aliphatic heterocycles. The summed E-state index contributed by atoms with van der Waals surface area (Å²) < 4.78 is 8.81. The molecule has 0 aliphatic rings. The van der Waals surface area contributed by atoms with Crippen LogP contribution in [0.5, 0.6) is 0 Å². The van der Waals surface area contributed by atoms with Crippen LogP contribution in [0.1, 0.15) is 12.0 Å². The lowest BCUT2D eigenvalue weighted by Crippen LogP contribution is -2.24. The van der Waals surface area contributed by atoms with E-state index in [-0.39, 0.29) is 5.56 Å². The Morgan fingerprint density at radius 1 is 1.07 bits per heavy atom. The van der Waals surface area contributed by atoms with Crippen molar-refractivity contribution in [3.8, 4) is 0 Å². The molecule has 2 aromatic heterocycles. The molecule has 0 atom stereocenters. The van der Waals surface area contributed by atoms with Crippen molar-refractivity contribution in [3.63, 3.8) is 0 Å². The molecule has 0 bridgehead atoms. The number of ether oxygens (including phenoxy) is 1. The van der Waals surface area contributed by atoms with Crippen molar-refractivity contribution in [2.24, 2.45) is 0 Å². The summed E-state index contributed by atoms with van der Waals surface area (Å²) in [6.45, 7) is 1.13. The SMILES string of the molecule is COCCCn1c(=O)c2ccccc2n2c(SC/C=C/c3ccccc3)nnc12. The molecule has 2 aromatic carbocycles. The Labute approximate surface area is 172 Å². The minimum atomic E-state index is -0.0443. The van der Waals surface area contributed by atoms with Crippen LogP contribution in [0.3, 0.4) is 0 Å². The highest BCUT2D eigenvalue weighted by atomic mass is 32.2. The van der Waals surface area contributed by atoms with Crippen LogP contribution >= 0.6 is 11.8 Å². The summed E-state index contributed by atoms with van der Waals surface area (Å²) in [5.74, 6) is 1.33. The van der Waals surface area contributed by atoms with Gasteiger partial charge in [-0.2, -0.15) is 0 Å². The first-order valence-corrected chi connectivity index (χ1v) is 10.5. The maximum atomic E-state index is 13.0. The van der Waals surface area contributed by atoms with Crippen LogP contribution in [0, 0.1) is 0 Å². The maximum Gasteiger partial charge on any atom is 0.262 e. The van der Waals surface area contributed by atoms with Crippen LogP contribution in [0.2, 0.25) is 0 Å². The number of thioether (sulfide) groups is 1. The van der Waals surface area contributed by atoms with Crippen molar-refractivity contribution in [3.05, 3.63) is 76.6 Å². The van der Waals surface area contributed by atoms with E-state index in [0.717, 1.165) is 28.4 Å². The molecular weight excluding hydrogens is 384 g/mol. The molecular formula is C22H22N4O2S. The topological polar surface area (TPSA) is 61.4 Å². The van der Waals surface area contributed by atoms with Gasteiger partial charge < -0.3 is 4.74 Å². The van der Waals surface area contributed by atoms with Gasteiger partial charge in [-0.3, -0.25) is 13.8 Å². The summed E-state index contributed by atoms with van der Waals surface area (Å²) in [7, 11) is 1.66. The van der Waals surface area contributed by atoms with Gasteiger partial charge >= 0.3 is 0 Å². The van der Waals surface area contributed by atoms with E-state index in [1.807, 2.05) is 46.9 Å². The molecule has 0 radical (unpaired) electrons. The van der Waals surface area contributed by atoms with Crippen LogP contribution < -0.4 is 5.56 Å². The molecule has 0 saturated carbocycles. The highest BCUT2D eigenvalue weighted by Crippen LogP contribution is 2.22. The van der Waals surface area contributed by atoms with Crippen LogP contribution in [-0.4, -0.2) is 38.6 Å². The first kappa shape index (κ1) is 19.4. The van der Waals surface area contributed by atoms with Gasteiger partial charge in [0.05, 0.1) is 10.9 Å². The second-order valence-corrected chi connectivity index (χ2v) is 7.55. The highest BCUT2D eigenvalue weighted by molar-refractivity contribution is 7.99. The number of methoxy groups -OCH3 is 1. The van der Waals surface area contributed by atoms with Crippen molar-refractivity contribution < 1.29 is 4.74 Å². The number of rotatable bonds is 8. The molecule has 6 nitrogen and oxygen atoms in total. The predicted molar refractivity (Wildman–Crippen MR) is 117 cm³/mol. The normalized spacial score (nSPS) is 11.8. The summed E-state index contributed by atoms with van der Waals surface area (Å²) in [6.07, 6.45) is 4.94. The smallest absolute Gasteiger partial charge is 0.262 e. The Kier molecular flexibility index (Phi) is 6.07. The summed E-state index contributed by atoms with van der Waals surface area (Å²) in [6, 6.07) is 17.8. The van der Waals surface area contributed by atoms with Gasteiger partial charge in [0.2, 0.25) is 5.78 Å². The number of aromatic nitrogens is 4. The van der Waals surface area contributed by atoms with Gasteiger partial charge in [0.25, 0.3) is 5.56 Å². The third kappa shape index (κ3) is 4.11. The molecule has 0 spiro atoms. The maximum absolute atomic E-state index is 13.0. The summed E-state index contributed by atoms with van der Waals surface area (Å²) >= 11 is 1.60. The molecule has 0 N–H and O–H groups in total. The van der Waals surface area contributed by atoms with Crippen molar-refractivity contribution in [1.82, 2.24) is 19.2 Å². The number of hydrogen-bond acceptors (Lipinski definition) is 5. The standard InChI is InChI=1S/C22H22N4O2S/c1-28-15-8-14-25-20(27)18-12-5-6-13-19(18)26-21(25)23-24-22(26)29-16-7-11-17-9-3-2-4-10-17/h2-7,9-13H,8,14-16H2,1H3/b11-7+. The van der Waals surface area contributed by atoms with E-state index in [4.69, 9.17) is 4.74 Å². The molecule has 0 unspecified atom stereocenters. The molecule has 148 valence electrons. The first-order chi connectivity index (χ1) is 14.3. The number of hydrogen-bond donors (Lipinski definition) is 0. The summed E-state index contributed by atoms with van der Waals surface area (Å²) in [5.41, 5.74) is 1.95. The lowest BCUT2D eigenvalue weighted by Gasteiger charge is -2.10. The fraction of sp³-hybridized carbons (Fsp3) is 0.227. The lowest BCUT2D eigenvalue weighted by atomic mass is 10.2. The van der Waals surface area contributed by atoms with Crippen LogP contribution in [0.15, 0.2) is 70.6 Å². The number of aryl methyl sites for hydroxylation is 1. The van der Waals surface area contributed by atoms with E-state index in [1.54, 1.807) is 23.4 Å². The highest BCUT2D eigenvalue weighted by Gasteiger charge is 2.16. The monoisotopic (exact) mass is 406 g/mol. The molecule has 4 rings (SSSR count). The number of fused-ring (bicyclic) bond motifs is 3. The minimum absolute atomic E-state index is 0.0443. The molecule has 0 amide bonds. The van der Waals surface area contributed by atoms with Crippen molar-refractivity contribution in [2.75, 3.05) is 19.5 Å². The van der Waals surface area contributed by atoms with E-state index < -0.39 is 0 Å². The van der Waals surface area contributed by atoms with Crippen LogP contribution in [-0.2, 0) is 11.3 Å². The van der Waals surface area contributed by atoms with Gasteiger partial charge in [0.15, 0.2) is 5.16 Å². The third-order valence-corrected chi connectivity index (χ3v) is 5.51. The van der Waals surface area contributed by atoms with Gasteiger partial charge in [-0.25, -0.2) is 0 Å². The predicted octanol–water partition coefficient (Wildman–Crippen LogP) is 3.89. The largest absolute Gasteiger partial charge is 0.385 e. The van der Waals surface area contributed by atoms with E-state index >= 15 is 0 Å². The Morgan fingerprint density at radius 3 is 2.69 bits per heavy atom. The fourth-order valence-corrected chi connectivity index (χ4v) is 4.02. The van der Waals surface area contributed by atoms with E-state index in [2.05, 4.69) is 34.5 Å². The number of para-hydroxylation sites is 1. The average Bonchev–Trinajstić information content (AvgIpc) is 3.18. The second kappa shape index (κ2) is 9.07. The van der Waals surface area contributed by atoms with Crippen molar-refractivity contribution in [1.29, 1.82) is 0 Å².